The molecule has 1 aliphatic carbocycles. The summed E-state index contributed by atoms with van der Waals surface area (Å²) in [6.07, 6.45) is 5.11. The molecule has 53 valence electrons. The van der Waals surface area contributed by atoms with Gasteiger partial charge in [0.25, 0.3) is 5.71 Å². The van der Waals surface area contributed by atoms with E-state index in [1.165, 1.54) is 42.7 Å². The minimum absolute atomic E-state index is 1.20. The molecule has 0 saturated heterocycles. The maximum absolute atomic E-state index is 4.17. The Hall–Kier alpha value is -0.790. The average Bonchev–Trinajstić information content (AvgIpc) is 2.34. The Morgan fingerprint density at radius 2 is 2.10 bits per heavy atom. The van der Waals surface area contributed by atoms with Crippen molar-refractivity contribution in [1.29, 1.82) is 0 Å². The Kier molecular flexibility index (Phi) is 1.26. The monoisotopic (exact) mass is 136 g/mol. The lowest BCUT2D eigenvalue weighted by atomic mass is 9.95. The Morgan fingerprint density at radius 1 is 1.30 bits per heavy atom. The van der Waals surface area contributed by atoms with E-state index in [1.54, 1.807) is 0 Å². The fourth-order valence-electron chi connectivity index (χ4n) is 1.65. The van der Waals surface area contributed by atoms with Crippen LogP contribution >= 0.6 is 0 Å². The first-order valence-corrected chi connectivity index (χ1v) is 3.90. The van der Waals surface area contributed by atoms with Crippen LogP contribution in [0.4, 0.5) is 0 Å². The molecule has 2 aliphatic rings. The number of nitrogens with one attached hydrogen (secondary N) is 1. The van der Waals surface area contributed by atoms with E-state index < -0.39 is 0 Å². The minimum Gasteiger partial charge on any atom is -0.104 e. The van der Waals surface area contributed by atoms with Gasteiger partial charge in [-0.05, 0) is 25.7 Å². The Bertz CT molecular complexity index is 213. The number of rotatable bonds is 0. The van der Waals surface area contributed by atoms with E-state index in [-0.39, 0.29) is 0 Å². The standard InChI is InChI=1S/C8H12N2/c1-6-7-4-2-3-5-8(7)10-9-6/h10H,2-5H2,1H3/q+1. The fourth-order valence-corrected chi connectivity index (χ4v) is 1.65. The Balaban J connectivity index is 2.28. The van der Waals surface area contributed by atoms with Gasteiger partial charge in [0.1, 0.15) is 0 Å². The molecule has 0 fully saturated rings. The van der Waals surface area contributed by atoms with E-state index in [0.717, 1.165) is 0 Å². The summed E-state index contributed by atoms with van der Waals surface area (Å²) >= 11 is 0. The van der Waals surface area contributed by atoms with Crippen LogP contribution in [0, 0.1) is 0 Å². The minimum atomic E-state index is 1.20. The second-order valence-corrected chi connectivity index (χ2v) is 2.97. The van der Waals surface area contributed by atoms with E-state index in [9.17, 15) is 0 Å². The summed E-state index contributed by atoms with van der Waals surface area (Å²) < 4.78 is 0. The predicted molar refractivity (Wildman–Crippen MR) is 41.4 cm³/mol. The number of hydrogen-bond donors (Lipinski definition) is 1. The predicted octanol–water partition coefficient (Wildman–Crippen LogP) is 1.13. The molecule has 2 nitrogen and oxygen atoms in total. The molecule has 1 radical (unpaired) electrons. The smallest absolute Gasteiger partial charge is 0.104 e. The van der Waals surface area contributed by atoms with Crippen LogP contribution in [0.5, 0.6) is 0 Å². The molecule has 0 atom stereocenters. The van der Waals surface area contributed by atoms with Crippen LogP contribution in [0.15, 0.2) is 11.3 Å². The second-order valence-electron chi connectivity index (χ2n) is 2.97. The van der Waals surface area contributed by atoms with Gasteiger partial charge in [0.15, 0.2) is 5.10 Å². The van der Waals surface area contributed by atoms with E-state index in [4.69, 9.17) is 0 Å². The van der Waals surface area contributed by atoms with Crippen molar-refractivity contribution in [3.63, 3.8) is 0 Å². The molecular formula is C8H12N2+. The molecular weight excluding hydrogens is 124 g/mol. The first-order chi connectivity index (χ1) is 4.88. The summed E-state index contributed by atoms with van der Waals surface area (Å²) in [4.78, 5) is 0. The molecule has 0 aromatic carbocycles. The molecule has 0 unspecified atom stereocenters. The maximum atomic E-state index is 4.17. The zero-order chi connectivity index (χ0) is 6.97. The number of hydrogen-bond acceptors (Lipinski definition) is 2. The second kappa shape index (κ2) is 2.11. The largest absolute Gasteiger partial charge is 0.288 e. The van der Waals surface area contributed by atoms with Gasteiger partial charge in [-0.1, -0.05) is 0 Å². The van der Waals surface area contributed by atoms with Gasteiger partial charge in [-0.3, -0.25) is 0 Å². The van der Waals surface area contributed by atoms with Gasteiger partial charge in [-0.2, -0.15) is 0 Å². The average molecular weight is 136 g/mol. The van der Waals surface area contributed by atoms with Gasteiger partial charge >= 0.3 is 0 Å². The topological polar surface area (TPSA) is 26.1 Å². The van der Waals surface area contributed by atoms with Crippen molar-refractivity contribution in [2.45, 2.75) is 32.6 Å². The molecule has 0 aromatic heterocycles. The lowest BCUT2D eigenvalue weighted by Crippen LogP contribution is -2.11. The van der Waals surface area contributed by atoms with E-state index in [1.807, 2.05) is 0 Å². The third kappa shape index (κ3) is 0.753. The number of allylic oxidation sites excluding steroid dienone is 2. The zero-order valence-electron chi connectivity index (χ0n) is 6.28. The van der Waals surface area contributed by atoms with Crippen LogP contribution in [0.25, 0.3) is 0 Å². The van der Waals surface area contributed by atoms with E-state index in [0.29, 0.717) is 0 Å². The summed E-state index contributed by atoms with van der Waals surface area (Å²) in [5, 5.41) is 4.17. The zero-order valence-corrected chi connectivity index (χ0v) is 6.28. The summed E-state index contributed by atoms with van der Waals surface area (Å²) in [7, 11) is 0. The molecule has 2 rings (SSSR count). The lowest BCUT2D eigenvalue weighted by molar-refractivity contribution is 0.644. The SMILES string of the molecule is CC1=[N+]NC2=C1CCCC2. The van der Waals surface area contributed by atoms with Crippen molar-refractivity contribution >= 4 is 5.71 Å². The third-order valence-electron chi connectivity index (χ3n) is 2.26. The molecule has 0 spiro atoms. The molecule has 1 heterocycles. The summed E-state index contributed by atoms with van der Waals surface area (Å²) in [6.45, 7) is 2.08. The Labute approximate surface area is 61.0 Å². The van der Waals surface area contributed by atoms with Crippen molar-refractivity contribution in [3.8, 4) is 0 Å². The fraction of sp³-hybridized carbons (Fsp3) is 0.625. The maximum Gasteiger partial charge on any atom is 0.288 e. The van der Waals surface area contributed by atoms with Crippen LogP contribution in [-0.4, -0.2) is 5.71 Å². The molecule has 2 heteroatoms. The highest BCUT2D eigenvalue weighted by atomic mass is 15.3. The van der Waals surface area contributed by atoms with E-state index in [2.05, 4.69) is 17.5 Å². The molecule has 0 saturated carbocycles. The van der Waals surface area contributed by atoms with Crippen LogP contribution in [0.3, 0.4) is 0 Å². The molecule has 0 amide bonds. The van der Waals surface area contributed by atoms with Crippen molar-refractivity contribution < 1.29 is 0 Å². The first-order valence-electron chi connectivity index (χ1n) is 3.90. The Morgan fingerprint density at radius 3 is 2.90 bits per heavy atom. The molecule has 10 heavy (non-hydrogen) atoms. The first kappa shape index (κ1) is 5.96. The summed E-state index contributed by atoms with van der Waals surface area (Å²) in [5.74, 6) is 0. The highest BCUT2D eigenvalue weighted by molar-refractivity contribution is 5.99. The van der Waals surface area contributed by atoms with Crippen LogP contribution < -0.4 is 10.5 Å². The van der Waals surface area contributed by atoms with Gasteiger partial charge in [-0.15, -0.1) is 5.43 Å². The van der Waals surface area contributed by atoms with Gasteiger partial charge in [0.2, 0.25) is 0 Å². The number of nitrogens with zero attached hydrogens (tertiary/aromatic N) is 1. The van der Waals surface area contributed by atoms with Gasteiger partial charge < -0.3 is 0 Å². The highest BCUT2D eigenvalue weighted by Gasteiger charge is 2.27. The van der Waals surface area contributed by atoms with Crippen molar-refractivity contribution in [3.05, 3.63) is 11.3 Å². The highest BCUT2D eigenvalue weighted by Crippen LogP contribution is 2.24. The van der Waals surface area contributed by atoms with Gasteiger partial charge in [-0.25, -0.2) is 0 Å². The van der Waals surface area contributed by atoms with Crippen molar-refractivity contribution in [1.82, 2.24) is 10.5 Å². The third-order valence-corrected chi connectivity index (χ3v) is 2.26. The summed E-state index contributed by atoms with van der Waals surface area (Å²) in [6, 6.07) is 0. The van der Waals surface area contributed by atoms with Gasteiger partial charge in [0.05, 0.1) is 11.3 Å². The summed E-state index contributed by atoms with van der Waals surface area (Å²) in [5.41, 5.74) is 7.14. The van der Waals surface area contributed by atoms with Crippen LogP contribution in [-0.2, 0) is 0 Å². The van der Waals surface area contributed by atoms with Crippen molar-refractivity contribution in [2.75, 3.05) is 0 Å². The van der Waals surface area contributed by atoms with Crippen molar-refractivity contribution in [2.24, 2.45) is 0 Å². The molecule has 1 N–H and O–H groups in total. The molecule has 0 bridgehead atoms. The normalized spacial score (nSPS) is 23.9. The number of hydrazone groups is 1. The molecule has 0 aromatic rings. The van der Waals surface area contributed by atoms with Crippen LogP contribution in [0.1, 0.15) is 32.6 Å². The molecule has 1 aliphatic heterocycles. The lowest BCUT2D eigenvalue weighted by Gasteiger charge is -2.07. The van der Waals surface area contributed by atoms with Gasteiger partial charge in [0, 0.05) is 6.92 Å². The quantitative estimate of drug-likeness (QED) is 0.530. The van der Waals surface area contributed by atoms with Crippen LogP contribution in [0.2, 0.25) is 0 Å². The van der Waals surface area contributed by atoms with E-state index >= 15 is 0 Å².